The molecule has 0 aliphatic heterocycles. The highest BCUT2D eigenvalue weighted by Gasteiger charge is 2.25. The van der Waals surface area contributed by atoms with Gasteiger partial charge in [-0.25, -0.2) is 0 Å². The van der Waals surface area contributed by atoms with Gasteiger partial charge < -0.3 is 9.72 Å². The van der Waals surface area contributed by atoms with Crippen LogP contribution in [0.4, 0.5) is 0 Å². The monoisotopic (exact) mass is 338 g/mol. The Hall–Kier alpha value is -2.07. The molecule has 3 nitrogen and oxygen atoms in total. The van der Waals surface area contributed by atoms with Crippen molar-refractivity contribution in [2.45, 2.75) is 31.6 Å². The van der Waals surface area contributed by atoms with Gasteiger partial charge in [0.2, 0.25) is 0 Å². The fourth-order valence-corrected chi connectivity index (χ4v) is 3.53. The minimum atomic E-state index is 0.540. The van der Waals surface area contributed by atoms with Crippen molar-refractivity contribution in [1.82, 2.24) is 9.55 Å². The summed E-state index contributed by atoms with van der Waals surface area (Å²) >= 11 is 5.48. The Balaban J connectivity index is 1.43. The molecule has 2 aliphatic rings. The van der Waals surface area contributed by atoms with E-state index in [9.17, 15) is 0 Å². The first-order valence-corrected chi connectivity index (χ1v) is 8.97. The van der Waals surface area contributed by atoms with E-state index in [1.54, 1.807) is 7.11 Å². The summed E-state index contributed by atoms with van der Waals surface area (Å²) in [4.78, 5) is 3.36. The minimum Gasteiger partial charge on any atom is -0.497 e. The largest absolute Gasteiger partial charge is 0.497 e. The molecule has 1 N–H and O–H groups in total. The van der Waals surface area contributed by atoms with Crippen molar-refractivity contribution in [2.75, 3.05) is 7.11 Å². The molecule has 1 aromatic carbocycles. The van der Waals surface area contributed by atoms with Crippen LogP contribution in [0.1, 0.15) is 36.4 Å². The van der Waals surface area contributed by atoms with Crippen LogP contribution in [0.2, 0.25) is 0 Å². The lowest BCUT2D eigenvalue weighted by molar-refractivity contribution is 0.414. The van der Waals surface area contributed by atoms with Gasteiger partial charge in [-0.05, 0) is 67.6 Å². The summed E-state index contributed by atoms with van der Waals surface area (Å²) in [6.45, 7) is 0. The second kappa shape index (κ2) is 6.44. The van der Waals surface area contributed by atoms with Crippen molar-refractivity contribution in [3.05, 3.63) is 64.7 Å². The van der Waals surface area contributed by atoms with Gasteiger partial charge in [-0.15, -0.1) is 0 Å². The fraction of sp³-hybridized carbons (Fsp3) is 0.350. The maximum atomic E-state index is 5.48. The minimum absolute atomic E-state index is 0.540. The van der Waals surface area contributed by atoms with Crippen LogP contribution >= 0.6 is 12.2 Å². The molecule has 1 aromatic heterocycles. The highest BCUT2D eigenvalue weighted by Crippen LogP contribution is 2.39. The highest BCUT2D eigenvalue weighted by molar-refractivity contribution is 7.71. The number of allylic oxidation sites excluding steroid dienone is 4. The molecule has 2 aromatic rings. The Bertz CT molecular complexity index is 837. The lowest BCUT2D eigenvalue weighted by Gasteiger charge is -2.17. The number of nitrogens with zero attached hydrogens (tertiary/aromatic N) is 1. The van der Waals surface area contributed by atoms with E-state index in [1.807, 2.05) is 12.1 Å². The van der Waals surface area contributed by atoms with E-state index in [2.05, 4.69) is 46.1 Å². The molecule has 1 heterocycles. The van der Waals surface area contributed by atoms with Gasteiger partial charge in [0.15, 0.2) is 4.77 Å². The topological polar surface area (TPSA) is 29.9 Å². The molecule has 0 radical (unpaired) electrons. The molecule has 1 atom stereocenters. The summed E-state index contributed by atoms with van der Waals surface area (Å²) in [6, 6.07) is 8.36. The van der Waals surface area contributed by atoms with Crippen LogP contribution in [-0.2, 0) is 6.42 Å². The molecule has 124 valence electrons. The van der Waals surface area contributed by atoms with Gasteiger partial charge in [0.1, 0.15) is 5.75 Å². The van der Waals surface area contributed by atoms with Crippen LogP contribution in [0, 0.1) is 10.7 Å². The predicted octanol–water partition coefficient (Wildman–Crippen LogP) is 5.09. The molecule has 0 saturated heterocycles. The number of H-pyrrole nitrogens is 1. The Morgan fingerprint density at radius 3 is 2.67 bits per heavy atom. The van der Waals surface area contributed by atoms with Crippen LogP contribution in [0.25, 0.3) is 5.70 Å². The molecule has 2 aliphatic carbocycles. The molecule has 1 unspecified atom stereocenters. The van der Waals surface area contributed by atoms with E-state index >= 15 is 0 Å². The number of aromatic amines is 1. The number of imidazole rings is 1. The second-order valence-corrected chi connectivity index (χ2v) is 7.08. The lowest BCUT2D eigenvalue weighted by atomic mass is 9.92. The first-order valence-electron chi connectivity index (χ1n) is 8.56. The Morgan fingerprint density at radius 2 is 2.04 bits per heavy atom. The molecule has 0 bridgehead atoms. The Morgan fingerprint density at radius 1 is 1.25 bits per heavy atom. The number of hydrogen-bond donors (Lipinski definition) is 1. The van der Waals surface area contributed by atoms with Crippen LogP contribution < -0.4 is 4.74 Å². The molecule has 1 saturated carbocycles. The third kappa shape index (κ3) is 3.24. The quantitative estimate of drug-likeness (QED) is 0.770. The van der Waals surface area contributed by atoms with Gasteiger partial charge in [0.25, 0.3) is 0 Å². The van der Waals surface area contributed by atoms with Gasteiger partial charge in [0.05, 0.1) is 7.11 Å². The predicted molar refractivity (Wildman–Crippen MR) is 99.8 cm³/mol. The van der Waals surface area contributed by atoms with E-state index in [-0.39, 0.29) is 0 Å². The van der Waals surface area contributed by atoms with Gasteiger partial charge >= 0.3 is 0 Å². The molecule has 24 heavy (non-hydrogen) atoms. The SMILES string of the molecule is COc1ccc(CC2C=CC(n3cc(C4CC4)[nH]c3=S)=CC2)cc1. The van der Waals surface area contributed by atoms with E-state index < -0.39 is 0 Å². The zero-order chi connectivity index (χ0) is 16.5. The summed E-state index contributed by atoms with van der Waals surface area (Å²) in [5.74, 6) is 2.15. The molecule has 4 rings (SSSR count). The lowest BCUT2D eigenvalue weighted by Crippen LogP contribution is -2.06. The second-order valence-electron chi connectivity index (χ2n) is 6.69. The van der Waals surface area contributed by atoms with Crippen molar-refractivity contribution < 1.29 is 4.74 Å². The summed E-state index contributed by atoms with van der Waals surface area (Å²) in [7, 11) is 1.70. The van der Waals surface area contributed by atoms with E-state index in [0.29, 0.717) is 11.8 Å². The first-order chi connectivity index (χ1) is 11.7. The van der Waals surface area contributed by atoms with Crippen LogP contribution in [0.3, 0.4) is 0 Å². The summed E-state index contributed by atoms with van der Waals surface area (Å²) in [6.07, 6.45) is 13.7. The van der Waals surface area contributed by atoms with Crippen LogP contribution in [0.15, 0.2) is 48.7 Å². The average Bonchev–Trinajstić information content (AvgIpc) is 3.39. The Labute approximate surface area is 147 Å². The van der Waals surface area contributed by atoms with E-state index in [0.717, 1.165) is 23.4 Å². The van der Waals surface area contributed by atoms with Crippen molar-refractivity contribution in [1.29, 1.82) is 0 Å². The molecule has 0 spiro atoms. The number of methoxy groups -OCH3 is 1. The smallest absolute Gasteiger partial charge is 0.181 e. The number of rotatable bonds is 5. The molecule has 4 heteroatoms. The van der Waals surface area contributed by atoms with Gasteiger partial charge in [-0.2, -0.15) is 0 Å². The van der Waals surface area contributed by atoms with E-state index in [1.165, 1.54) is 29.8 Å². The van der Waals surface area contributed by atoms with Crippen molar-refractivity contribution in [3.63, 3.8) is 0 Å². The molecule has 1 fully saturated rings. The highest BCUT2D eigenvalue weighted by atomic mass is 32.1. The summed E-state index contributed by atoms with van der Waals surface area (Å²) in [5, 5.41) is 0. The normalized spacial score (nSPS) is 20.0. The van der Waals surface area contributed by atoms with Gasteiger partial charge in [-0.1, -0.05) is 24.3 Å². The third-order valence-corrected chi connectivity index (χ3v) is 5.16. The van der Waals surface area contributed by atoms with E-state index in [4.69, 9.17) is 17.0 Å². The number of aromatic nitrogens is 2. The van der Waals surface area contributed by atoms with Crippen LogP contribution in [-0.4, -0.2) is 16.7 Å². The van der Waals surface area contributed by atoms with Crippen molar-refractivity contribution in [2.24, 2.45) is 5.92 Å². The zero-order valence-electron chi connectivity index (χ0n) is 13.9. The summed E-state index contributed by atoms with van der Waals surface area (Å²) in [5.41, 5.74) is 3.82. The summed E-state index contributed by atoms with van der Waals surface area (Å²) < 4.78 is 8.14. The number of nitrogens with one attached hydrogen (secondary N) is 1. The standard InChI is InChI=1S/C20H22N2OS/c1-23-18-10-4-15(5-11-18)12-14-2-8-17(9-3-14)22-13-19(16-6-7-16)21-20(22)24/h2,4-5,8-11,13-14,16H,3,6-7,12H2,1H3,(H,21,24). The molecular formula is C20H22N2OS. The number of benzene rings is 1. The fourth-order valence-electron chi connectivity index (χ4n) is 3.26. The Kier molecular flexibility index (Phi) is 4.15. The first kappa shape index (κ1) is 15.5. The maximum Gasteiger partial charge on any atom is 0.181 e. The van der Waals surface area contributed by atoms with Crippen molar-refractivity contribution >= 4 is 17.9 Å². The van der Waals surface area contributed by atoms with Gasteiger partial charge in [-0.3, -0.25) is 4.57 Å². The maximum absolute atomic E-state index is 5.48. The number of ether oxygens (including phenoxy) is 1. The molecule has 0 amide bonds. The zero-order valence-corrected chi connectivity index (χ0v) is 14.7. The van der Waals surface area contributed by atoms with Crippen LogP contribution in [0.5, 0.6) is 5.75 Å². The number of hydrogen-bond acceptors (Lipinski definition) is 2. The molecular weight excluding hydrogens is 316 g/mol. The van der Waals surface area contributed by atoms with Gasteiger partial charge in [0, 0.05) is 23.5 Å². The third-order valence-electron chi connectivity index (χ3n) is 4.86. The van der Waals surface area contributed by atoms with Crippen molar-refractivity contribution in [3.8, 4) is 5.75 Å². The average molecular weight is 338 g/mol.